The molecule has 116 valence electrons. The van der Waals surface area contributed by atoms with Crippen LogP contribution >= 0.6 is 0 Å². The van der Waals surface area contributed by atoms with Gasteiger partial charge in [0, 0.05) is 36.3 Å². The largest absolute Gasteiger partial charge is 0.481 e. The van der Waals surface area contributed by atoms with Gasteiger partial charge in [0.1, 0.15) is 0 Å². The number of carboxylic acid groups (broad SMARTS) is 3. The van der Waals surface area contributed by atoms with Crippen LogP contribution < -0.4 is 0 Å². The Morgan fingerprint density at radius 2 is 0.789 bits per heavy atom. The van der Waals surface area contributed by atoms with Crippen LogP contribution in [0.25, 0.3) is 0 Å². The average Bonchev–Trinajstić information content (AvgIpc) is 2.18. The summed E-state index contributed by atoms with van der Waals surface area (Å²) in [5.74, 6) is -2.13. The molecule has 0 aliphatic heterocycles. The summed E-state index contributed by atoms with van der Waals surface area (Å²) in [6.45, 7) is 5.52. The molecule has 0 rings (SSSR count). The summed E-state index contributed by atoms with van der Waals surface area (Å²) < 4.78 is 0. The van der Waals surface area contributed by atoms with E-state index in [1.807, 2.05) is 20.8 Å². The standard InChI is InChI=1S/3C4H8O2.Fe/c3*1-2-3-4(5)6;/h3*2-3H2,1H3,(H,5,6);. The van der Waals surface area contributed by atoms with Crippen molar-refractivity contribution in [2.45, 2.75) is 59.3 Å². The predicted molar refractivity (Wildman–Crippen MR) is 67.6 cm³/mol. The molecule has 0 saturated carbocycles. The molecule has 0 spiro atoms. The Kier molecular flexibility index (Phi) is 30.9. The third kappa shape index (κ3) is 60.0. The van der Waals surface area contributed by atoms with Gasteiger partial charge in [-0.25, -0.2) is 0 Å². The van der Waals surface area contributed by atoms with Crippen molar-refractivity contribution in [1.82, 2.24) is 0 Å². The van der Waals surface area contributed by atoms with E-state index in [1.165, 1.54) is 0 Å². The van der Waals surface area contributed by atoms with Crippen molar-refractivity contribution in [2.24, 2.45) is 0 Å². The topological polar surface area (TPSA) is 112 Å². The van der Waals surface area contributed by atoms with Crippen molar-refractivity contribution in [3.63, 3.8) is 0 Å². The van der Waals surface area contributed by atoms with Crippen LogP contribution in [-0.2, 0) is 31.5 Å². The first-order valence-electron chi connectivity index (χ1n) is 5.97. The van der Waals surface area contributed by atoms with E-state index in [0.717, 1.165) is 19.3 Å². The number of aliphatic carboxylic acids is 3. The minimum atomic E-state index is -0.711. The Labute approximate surface area is 124 Å². The summed E-state index contributed by atoms with van der Waals surface area (Å²) in [4.78, 5) is 28.8. The van der Waals surface area contributed by atoms with Crippen LogP contribution in [0.1, 0.15) is 59.3 Å². The van der Waals surface area contributed by atoms with Gasteiger partial charge in [-0.1, -0.05) is 20.8 Å². The molecule has 0 heterocycles. The first-order chi connectivity index (χ1) is 8.31. The molecule has 0 aliphatic carbocycles. The fourth-order valence-electron chi connectivity index (χ4n) is 0.642. The Morgan fingerprint density at radius 1 is 0.632 bits per heavy atom. The van der Waals surface area contributed by atoms with E-state index in [2.05, 4.69) is 0 Å². The summed E-state index contributed by atoms with van der Waals surface area (Å²) in [6, 6.07) is 0. The van der Waals surface area contributed by atoms with Crippen molar-refractivity contribution < 1.29 is 46.8 Å². The first kappa shape index (κ1) is 26.5. The van der Waals surface area contributed by atoms with Gasteiger partial charge in [0.15, 0.2) is 0 Å². The molecule has 0 atom stereocenters. The van der Waals surface area contributed by atoms with Crippen LogP contribution in [0.5, 0.6) is 0 Å². The van der Waals surface area contributed by atoms with E-state index in [1.54, 1.807) is 0 Å². The molecule has 3 N–H and O–H groups in total. The molecule has 0 amide bonds. The third-order valence-corrected chi connectivity index (χ3v) is 1.39. The number of carboxylic acids is 3. The van der Waals surface area contributed by atoms with Gasteiger partial charge in [-0.2, -0.15) is 0 Å². The number of carbonyl (C=O) groups is 3. The Balaban J connectivity index is -0.0000000865. The summed E-state index contributed by atoms with van der Waals surface area (Å²) >= 11 is 0. The summed E-state index contributed by atoms with van der Waals surface area (Å²) in [7, 11) is 0. The molecule has 19 heavy (non-hydrogen) atoms. The molecular weight excluding hydrogens is 296 g/mol. The maximum Gasteiger partial charge on any atom is 0.303 e. The van der Waals surface area contributed by atoms with Crippen LogP contribution in [0.4, 0.5) is 0 Å². The molecule has 0 unspecified atom stereocenters. The average molecular weight is 320 g/mol. The van der Waals surface area contributed by atoms with Gasteiger partial charge in [-0.3, -0.25) is 14.4 Å². The van der Waals surface area contributed by atoms with Crippen molar-refractivity contribution in [2.75, 3.05) is 0 Å². The van der Waals surface area contributed by atoms with Gasteiger partial charge in [-0.05, 0) is 19.3 Å². The van der Waals surface area contributed by atoms with E-state index in [0.29, 0.717) is 19.3 Å². The molecule has 0 saturated heterocycles. The molecule has 0 bridgehead atoms. The van der Waals surface area contributed by atoms with Crippen molar-refractivity contribution >= 4 is 17.9 Å². The second-order valence-electron chi connectivity index (χ2n) is 3.43. The fraction of sp³-hybridized carbons (Fsp3) is 0.750. The molecule has 0 aromatic rings. The van der Waals surface area contributed by atoms with Crippen LogP contribution in [-0.4, -0.2) is 33.2 Å². The maximum absolute atomic E-state index is 9.60. The first-order valence-corrected chi connectivity index (χ1v) is 5.97. The van der Waals surface area contributed by atoms with E-state index in [4.69, 9.17) is 15.3 Å². The Bertz CT molecular complexity index is 192. The second kappa shape index (κ2) is 22.1. The van der Waals surface area contributed by atoms with Crippen molar-refractivity contribution in [3.8, 4) is 0 Å². The fourth-order valence-corrected chi connectivity index (χ4v) is 0.642. The maximum atomic E-state index is 9.60. The predicted octanol–water partition coefficient (Wildman–Crippen LogP) is 2.61. The molecule has 0 fully saturated rings. The summed E-state index contributed by atoms with van der Waals surface area (Å²) in [5.41, 5.74) is 0. The van der Waals surface area contributed by atoms with Crippen molar-refractivity contribution in [3.05, 3.63) is 0 Å². The Morgan fingerprint density at radius 3 is 0.789 bits per heavy atom. The molecule has 0 radical (unpaired) electrons. The van der Waals surface area contributed by atoms with Crippen LogP contribution in [0.3, 0.4) is 0 Å². The second-order valence-corrected chi connectivity index (χ2v) is 3.43. The van der Waals surface area contributed by atoms with Crippen LogP contribution in [0.15, 0.2) is 0 Å². The minimum Gasteiger partial charge on any atom is -0.481 e. The zero-order valence-corrected chi connectivity index (χ0v) is 12.8. The minimum absolute atomic E-state index is 0. The van der Waals surface area contributed by atoms with Gasteiger partial charge in [0.05, 0.1) is 0 Å². The zero-order chi connectivity index (χ0) is 15.0. The normalized spacial score (nSPS) is 7.74. The third-order valence-electron chi connectivity index (χ3n) is 1.39. The van der Waals surface area contributed by atoms with Gasteiger partial charge in [-0.15, -0.1) is 0 Å². The van der Waals surface area contributed by atoms with Crippen LogP contribution in [0, 0.1) is 0 Å². The molecule has 0 aliphatic rings. The molecule has 0 aromatic carbocycles. The number of rotatable bonds is 6. The smallest absolute Gasteiger partial charge is 0.303 e. The molecule has 7 heteroatoms. The van der Waals surface area contributed by atoms with Crippen LogP contribution in [0.2, 0.25) is 0 Å². The number of hydrogen-bond donors (Lipinski definition) is 3. The van der Waals surface area contributed by atoms with E-state index < -0.39 is 17.9 Å². The summed E-state index contributed by atoms with van der Waals surface area (Å²) in [5, 5.41) is 23.7. The van der Waals surface area contributed by atoms with Gasteiger partial charge in [0.2, 0.25) is 0 Å². The molecule has 6 nitrogen and oxygen atoms in total. The van der Waals surface area contributed by atoms with E-state index >= 15 is 0 Å². The zero-order valence-electron chi connectivity index (χ0n) is 11.7. The van der Waals surface area contributed by atoms with Crippen molar-refractivity contribution in [1.29, 1.82) is 0 Å². The van der Waals surface area contributed by atoms with Gasteiger partial charge >= 0.3 is 17.9 Å². The molecule has 0 aromatic heterocycles. The summed E-state index contributed by atoms with van der Waals surface area (Å²) in [6.07, 6.45) is 3.07. The molecular formula is C12H24FeO6. The van der Waals surface area contributed by atoms with Gasteiger partial charge in [0.25, 0.3) is 0 Å². The SMILES string of the molecule is CCCC(=O)O.CCCC(=O)O.CCCC(=O)O.[Fe]. The quantitative estimate of drug-likeness (QED) is 0.649. The van der Waals surface area contributed by atoms with E-state index in [9.17, 15) is 14.4 Å². The van der Waals surface area contributed by atoms with E-state index in [-0.39, 0.29) is 17.1 Å². The Hall–Kier alpha value is -1.07. The monoisotopic (exact) mass is 320 g/mol. The number of hydrogen-bond acceptors (Lipinski definition) is 3. The van der Waals surface area contributed by atoms with Gasteiger partial charge < -0.3 is 15.3 Å².